The molecule has 10 nitrogen and oxygen atoms in total. The normalized spacial score (nSPS) is 21.5. The molecule has 1 heterocycles. The number of imidazole rings is 1. The first-order chi connectivity index (χ1) is 19.1. The van der Waals surface area contributed by atoms with Gasteiger partial charge in [0.25, 0.3) is 11.8 Å². The van der Waals surface area contributed by atoms with Crippen LogP contribution in [0.15, 0.2) is 36.5 Å². The van der Waals surface area contributed by atoms with Crippen molar-refractivity contribution in [1.82, 2.24) is 20.6 Å². The summed E-state index contributed by atoms with van der Waals surface area (Å²) in [5.41, 5.74) is 6.23. The predicted octanol–water partition coefficient (Wildman–Crippen LogP) is 3.38. The van der Waals surface area contributed by atoms with Gasteiger partial charge in [0.1, 0.15) is 0 Å². The molecule has 13 heteroatoms. The van der Waals surface area contributed by atoms with E-state index in [0.717, 1.165) is 12.8 Å². The van der Waals surface area contributed by atoms with Crippen molar-refractivity contribution in [1.29, 1.82) is 0 Å². The minimum Gasteiger partial charge on any atom is -0.494 e. The summed E-state index contributed by atoms with van der Waals surface area (Å²) in [5.74, 6) is -3.89. The Morgan fingerprint density at radius 3 is 2.42 bits per heavy atom. The van der Waals surface area contributed by atoms with Crippen molar-refractivity contribution in [3.05, 3.63) is 64.6 Å². The summed E-state index contributed by atoms with van der Waals surface area (Å²) in [7, 11) is 1.22. The van der Waals surface area contributed by atoms with E-state index in [-0.39, 0.29) is 69.3 Å². The van der Waals surface area contributed by atoms with Gasteiger partial charge in [-0.1, -0.05) is 11.6 Å². The van der Waals surface area contributed by atoms with Crippen molar-refractivity contribution in [3.63, 3.8) is 0 Å². The molecule has 0 unspecified atom stereocenters. The Bertz CT molecular complexity index is 1470. The molecule has 2 aromatic carbocycles. The number of ether oxygens (including phenoxy) is 1. The fourth-order valence-corrected chi connectivity index (χ4v) is 5.02. The molecule has 0 saturated heterocycles. The molecular weight excluding hydrogens is 546 g/mol. The van der Waals surface area contributed by atoms with Crippen LogP contribution in [-0.4, -0.2) is 52.9 Å². The fraction of sp³-hybridized carbons (Fsp3) is 0.333. The molecule has 2 saturated carbocycles. The summed E-state index contributed by atoms with van der Waals surface area (Å²) in [6.07, 6.45) is 3.87. The van der Waals surface area contributed by atoms with Gasteiger partial charge < -0.3 is 31.4 Å². The second kappa shape index (κ2) is 11.2. The Balaban J connectivity index is 1.15. The minimum absolute atomic E-state index is 0.00880. The highest BCUT2D eigenvalue weighted by Gasteiger charge is 2.38. The first kappa shape index (κ1) is 27.5. The van der Waals surface area contributed by atoms with Crippen LogP contribution in [0, 0.1) is 17.6 Å². The van der Waals surface area contributed by atoms with E-state index in [1.165, 1.54) is 43.6 Å². The number of aromatic nitrogens is 2. The number of carbonyl (C=O) groups excluding carboxylic acids is 3. The van der Waals surface area contributed by atoms with E-state index in [2.05, 4.69) is 25.9 Å². The van der Waals surface area contributed by atoms with E-state index in [4.69, 9.17) is 22.1 Å². The molecule has 0 radical (unpaired) electrons. The molecule has 0 bridgehead atoms. The smallest absolute Gasteiger partial charge is 0.291 e. The zero-order valence-electron chi connectivity index (χ0n) is 21.4. The van der Waals surface area contributed by atoms with Gasteiger partial charge in [-0.25, -0.2) is 9.37 Å². The van der Waals surface area contributed by atoms with Crippen LogP contribution in [-0.2, 0) is 4.79 Å². The number of rotatable bonds is 8. The zero-order chi connectivity index (χ0) is 28.6. The predicted molar refractivity (Wildman–Crippen MR) is 143 cm³/mol. The average molecular weight is 573 g/mol. The van der Waals surface area contributed by atoms with E-state index in [0.29, 0.717) is 18.5 Å². The number of amides is 3. The number of methoxy groups -OCH3 is 1. The van der Waals surface area contributed by atoms with Crippen molar-refractivity contribution in [2.24, 2.45) is 11.7 Å². The van der Waals surface area contributed by atoms with Crippen LogP contribution in [0.3, 0.4) is 0 Å². The maximum Gasteiger partial charge on any atom is 0.291 e. The highest BCUT2D eigenvalue weighted by Crippen LogP contribution is 2.31. The van der Waals surface area contributed by atoms with Crippen LogP contribution in [0.5, 0.6) is 5.75 Å². The van der Waals surface area contributed by atoms with Gasteiger partial charge >= 0.3 is 0 Å². The van der Waals surface area contributed by atoms with Crippen LogP contribution < -0.4 is 26.4 Å². The molecule has 210 valence electrons. The average Bonchev–Trinajstić information content (AvgIpc) is 3.36. The van der Waals surface area contributed by atoms with Gasteiger partial charge in [0.05, 0.1) is 29.6 Å². The van der Waals surface area contributed by atoms with Crippen LogP contribution >= 0.6 is 11.6 Å². The lowest BCUT2D eigenvalue weighted by atomic mass is 9.78. The van der Waals surface area contributed by atoms with Crippen molar-refractivity contribution < 1.29 is 27.9 Å². The second-order valence-electron chi connectivity index (χ2n) is 10.0. The van der Waals surface area contributed by atoms with Gasteiger partial charge in [-0.2, -0.15) is 4.39 Å². The lowest BCUT2D eigenvalue weighted by Crippen LogP contribution is -2.55. The number of benzene rings is 2. The van der Waals surface area contributed by atoms with Crippen molar-refractivity contribution in [2.75, 3.05) is 12.4 Å². The van der Waals surface area contributed by atoms with Crippen LogP contribution in [0.4, 0.5) is 14.5 Å². The van der Waals surface area contributed by atoms with E-state index in [1.807, 2.05) is 0 Å². The van der Waals surface area contributed by atoms with Crippen molar-refractivity contribution in [2.45, 2.75) is 43.8 Å². The number of anilines is 1. The number of H-pyrrole nitrogens is 1. The summed E-state index contributed by atoms with van der Waals surface area (Å²) >= 11 is 6.31. The Morgan fingerprint density at radius 1 is 1.02 bits per heavy atom. The van der Waals surface area contributed by atoms with Gasteiger partial charge in [-0.05, 0) is 56.0 Å². The van der Waals surface area contributed by atoms with Gasteiger partial charge in [0.15, 0.2) is 17.4 Å². The SMILES string of the molecule is COc1ccc(-c2cnc(C(=O)Nc3ccc(C(=O)N[C@H]4C[C@@H](C(=O)N[C@H]5C[C@@H](N)C5)C4)c(Cl)c3)[nH]2)c(F)c1F. The fourth-order valence-electron chi connectivity index (χ4n) is 4.75. The van der Waals surface area contributed by atoms with Crippen LogP contribution in [0.25, 0.3) is 11.3 Å². The maximum absolute atomic E-state index is 14.4. The van der Waals surface area contributed by atoms with E-state index in [1.54, 1.807) is 0 Å². The molecule has 3 amide bonds. The third-order valence-electron chi connectivity index (χ3n) is 7.18. The van der Waals surface area contributed by atoms with E-state index >= 15 is 0 Å². The standard InChI is InChI=1S/C27H27ClF2N6O4/c1-40-21-5-4-18(22(29)23(21)30)20-11-32-24(36-20)27(39)33-14-2-3-17(19(28)10-14)26(38)35-15-6-12(7-15)25(37)34-16-8-13(31)9-16/h2-5,10-13,15-16H,6-9,31H2,1H3,(H,32,36)(H,33,39)(H,34,37)(H,35,38)/t12-,13-,15+,16+. The summed E-state index contributed by atoms with van der Waals surface area (Å²) in [5, 5.41) is 8.57. The number of halogens is 3. The van der Waals surface area contributed by atoms with Crippen LogP contribution in [0.1, 0.15) is 46.7 Å². The third kappa shape index (κ3) is 5.63. The number of aromatic amines is 1. The summed E-state index contributed by atoms with van der Waals surface area (Å²) in [4.78, 5) is 44.3. The van der Waals surface area contributed by atoms with E-state index < -0.39 is 17.5 Å². The number of hydrogen-bond donors (Lipinski definition) is 5. The van der Waals surface area contributed by atoms with Crippen molar-refractivity contribution >= 4 is 35.0 Å². The lowest BCUT2D eigenvalue weighted by Gasteiger charge is -2.38. The summed E-state index contributed by atoms with van der Waals surface area (Å²) in [6.45, 7) is 0. The zero-order valence-corrected chi connectivity index (χ0v) is 22.1. The number of nitrogens with two attached hydrogens (primary N) is 1. The topological polar surface area (TPSA) is 151 Å². The molecular formula is C27H27ClF2N6O4. The summed E-state index contributed by atoms with van der Waals surface area (Å²) in [6, 6.07) is 7.12. The molecule has 5 rings (SSSR count). The largest absolute Gasteiger partial charge is 0.494 e. The summed E-state index contributed by atoms with van der Waals surface area (Å²) < 4.78 is 33.2. The molecule has 0 atom stereocenters. The lowest BCUT2D eigenvalue weighted by molar-refractivity contribution is -0.129. The maximum atomic E-state index is 14.4. The molecule has 3 aromatic rings. The molecule has 0 spiro atoms. The molecule has 40 heavy (non-hydrogen) atoms. The molecule has 1 aromatic heterocycles. The molecule has 0 aliphatic heterocycles. The number of carbonyl (C=O) groups is 3. The quantitative estimate of drug-likeness (QED) is 0.279. The Labute approximate surface area is 233 Å². The van der Waals surface area contributed by atoms with Gasteiger partial charge in [-0.15, -0.1) is 0 Å². The molecule has 6 N–H and O–H groups in total. The molecule has 2 aliphatic carbocycles. The van der Waals surface area contributed by atoms with Gasteiger partial charge in [0.2, 0.25) is 11.7 Å². The number of nitrogens with zero attached hydrogens (tertiary/aromatic N) is 1. The van der Waals surface area contributed by atoms with Gasteiger partial charge in [-0.3, -0.25) is 14.4 Å². The molecule has 2 fully saturated rings. The Kier molecular flexibility index (Phi) is 7.72. The Morgan fingerprint density at radius 2 is 1.75 bits per heavy atom. The first-order valence-corrected chi connectivity index (χ1v) is 13.1. The number of nitrogens with one attached hydrogen (secondary N) is 4. The van der Waals surface area contributed by atoms with E-state index in [9.17, 15) is 23.2 Å². The monoisotopic (exact) mass is 572 g/mol. The highest BCUT2D eigenvalue weighted by atomic mass is 35.5. The number of hydrogen-bond acceptors (Lipinski definition) is 6. The highest BCUT2D eigenvalue weighted by molar-refractivity contribution is 6.34. The van der Waals surface area contributed by atoms with Crippen LogP contribution in [0.2, 0.25) is 5.02 Å². The van der Waals surface area contributed by atoms with Gasteiger partial charge in [0, 0.05) is 35.3 Å². The second-order valence-corrected chi connectivity index (χ2v) is 10.4. The Hall–Kier alpha value is -4.03. The first-order valence-electron chi connectivity index (χ1n) is 12.7. The third-order valence-corrected chi connectivity index (χ3v) is 7.50. The van der Waals surface area contributed by atoms with Crippen molar-refractivity contribution in [3.8, 4) is 17.0 Å². The minimum atomic E-state index is -1.16. The molecule has 2 aliphatic rings.